The van der Waals surface area contributed by atoms with Gasteiger partial charge in [-0.05, 0) is 29.8 Å². The Morgan fingerprint density at radius 2 is 1.84 bits per heavy atom. The summed E-state index contributed by atoms with van der Waals surface area (Å²) in [6.07, 6.45) is 2.90. The van der Waals surface area contributed by atoms with Gasteiger partial charge in [0.2, 0.25) is 0 Å². The fraction of sp³-hybridized carbons (Fsp3) is 0.0625. The van der Waals surface area contributed by atoms with Gasteiger partial charge >= 0.3 is 0 Å². The molecule has 0 fully saturated rings. The van der Waals surface area contributed by atoms with Gasteiger partial charge in [0.25, 0.3) is 0 Å². The molecule has 0 unspecified atom stereocenters. The van der Waals surface area contributed by atoms with E-state index >= 15 is 0 Å². The predicted octanol–water partition coefficient (Wildman–Crippen LogP) is 4.16. The first-order valence-electron chi connectivity index (χ1n) is 6.05. The smallest absolute Gasteiger partial charge is 0.150 e. The van der Waals surface area contributed by atoms with Crippen LogP contribution in [-0.2, 0) is 6.54 Å². The van der Waals surface area contributed by atoms with E-state index in [0.29, 0.717) is 0 Å². The van der Waals surface area contributed by atoms with Crippen molar-refractivity contribution in [3.05, 3.63) is 70.9 Å². The Morgan fingerprint density at radius 3 is 2.58 bits per heavy atom. The van der Waals surface area contributed by atoms with Crippen molar-refractivity contribution in [1.29, 1.82) is 0 Å². The second-order valence-corrected chi connectivity index (χ2v) is 4.90. The highest BCUT2D eigenvalue weighted by Crippen LogP contribution is 2.20. The standard InChI is InChI=1S/C16H12ClNO/c17-14-6-4-12(5-7-14)10-18-9-8-15-13(11-19)2-1-3-16(15)18/h1-9,11H,10H2. The molecule has 3 aromatic rings. The van der Waals surface area contributed by atoms with Crippen molar-refractivity contribution in [2.24, 2.45) is 0 Å². The first-order valence-corrected chi connectivity index (χ1v) is 6.43. The summed E-state index contributed by atoms with van der Waals surface area (Å²) in [6.45, 7) is 0.767. The van der Waals surface area contributed by atoms with Gasteiger partial charge in [0.05, 0.1) is 0 Å². The van der Waals surface area contributed by atoms with Crippen molar-refractivity contribution in [1.82, 2.24) is 4.57 Å². The van der Waals surface area contributed by atoms with E-state index in [1.54, 1.807) is 0 Å². The third-order valence-electron chi connectivity index (χ3n) is 3.24. The lowest BCUT2D eigenvalue weighted by Crippen LogP contribution is -1.97. The summed E-state index contributed by atoms with van der Waals surface area (Å²) >= 11 is 5.88. The molecule has 2 nitrogen and oxygen atoms in total. The van der Waals surface area contributed by atoms with Gasteiger partial charge in [-0.3, -0.25) is 4.79 Å². The topological polar surface area (TPSA) is 22.0 Å². The van der Waals surface area contributed by atoms with E-state index in [9.17, 15) is 4.79 Å². The number of fused-ring (bicyclic) bond motifs is 1. The van der Waals surface area contributed by atoms with Gasteiger partial charge in [-0.2, -0.15) is 0 Å². The molecule has 94 valence electrons. The second kappa shape index (κ2) is 4.90. The molecule has 2 aromatic carbocycles. The van der Waals surface area contributed by atoms with Gasteiger partial charge in [-0.1, -0.05) is 35.9 Å². The van der Waals surface area contributed by atoms with Crippen molar-refractivity contribution in [3.63, 3.8) is 0 Å². The molecule has 0 saturated heterocycles. The summed E-state index contributed by atoms with van der Waals surface area (Å²) in [4.78, 5) is 11.0. The summed E-state index contributed by atoms with van der Waals surface area (Å²) in [7, 11) is 0. The zero-order chi connectivity index (χ0) is 13.2. The molecule has 0 saturated carbocycles. The van der Waals surface area contributed by atoms with E-state index in [0.717, 1.165) is 34.3 Å². The van der Waals surface area contributed by atoms with Crippen LogP contribution in [0.25, 0.3) is 10.9 Å². The van der Waals surface area contributed by atoms with E-state index in [4.69, 9.17) is 11.6 Å². The largest absolute Gasteiger partial charge is 0.343 e. The van der Waals surface area contributed by atoms with Crippen LogP contribution in [0.3, 0.4) is 0 Å². The van der Waals surface area contributed by atoms with Crippen LogP contribution < -0.4 is 0 Å². The monoisotopic (exact) mass is 269 g/mol. The van der Waals surface area contributed by atoms with Crippen molar-refractivity contribution in [2.45, 2.75) is 6.54 Å². The molecule has 19 heavy (non-hydrogen) atoms. The lowest BCUT2D eigenvalue weighted by Gasteiger charge is -2.06. The summed E-state index contributed by atoms with van der Waals surface area (Å²) in [5.41, 5.74) is 2.98. The fourth-order valence-corrected chi connectivity index (χ4v) is 2.40. The average Bonchev–Trinajstić information content (AvgIpc) is 2.84. The minimum atomic E-state index is 0.729. The van der Waals surface area contributed by atoms with E-state index < -0.39 is 0 Å². The Labute approximate surface area is 116 Å². The van der Waals surface area contributed by atoms with E-state index in [1.165, 1.54) is 5.56 Å². The summed E-state index contributed by atoms with van der Waals surface area (Å²) in [6, 6.07) is 15.5. The van der Waals surface area contributed by atoms with Crippen LogP contribution in [-0.4, -0.2) is 10.9 Å². The number of hydrogen-bond donors (Lipinski definition) is 0. The number of carbonyl (C=O) groups excluding carboxylic acids is 1. The molecule has 1 aromatic heterocycles. The molecule has 1 heterocycles. The molecule has 0 N–H and O–H groups in total. The third-order valence-corrected chi connectivity index (χ3v) is 3.49. The number of rotatable bonds is 3. The quantitative estimate of drug-likeness (QED) is 0.655. The van der Waals surface area contributed by atoms with Crippen LogP contribution in [0.5, 0.6) is 0 Å². The Kier molecular flexibility index (Phi) is 3.10. The first-order chi connectivity index (χ1) is 9.28. The van der Waals surface area contributed by atoms with Gasteiger partial charge in [0, 0.05) is 34.2 Å². The minimum Gasteiger partial charge on any atom is -0.343 e. The molecule has 0 aliphatic carbocycles. The molecular weight excluding hydrogens is 258 g/mol. The van der Waals surface area contributed by atoms with Crippen LogP contribution in [0.4, 0.5) is 0 Å². The number of benzene rings is 2. The maximum absolute atomic E-state index is 11.0. The first kappa shape index (κ1) is 12.0. The highest BCUT2D eigenvalue weighted by molar-refractivity contribution is 6.30. The van der Waals surface area contributed by atoms with Crippen LogP contribution in [0.15, 0.2) is 54.7 Å². The predicted molar refractivity (Wildman–Crippen MR) is 77.9 cm³/mol. The Hall–Kier alpha value is -2.06. The summed E-state index contributed by atoms with van der Waals surface area (Å²) < 4.78 is 2.13. The molecule has 0 spiro atoms. The zero-order valence-electron chi connectivity index (χ0n) is 10.2. The zero-order valence-corrected chi connectivity index (χ0v) is 11.0. The van der Waals surface area contributed by atoms with Crippen molar-refractivity contribution < 1.29 is 4.79 Å². The number of aldehydes is 1. The van der Waals surface area contributed by atoms with Crippen LogP contribution in [0.2, 0.25) is 5.02 Å². The van der Waals surface area contributed by atoms with E-state index in [1.807, 2.05) is 54.7 Å². The fourth-order valence-electron chi connectivity index (χ4n) is 2.27. The van der Waals surface area contributed by atoms with Gasteiger partial charge < -0.3 is 4.57 Å². The lowest BCUT2D eigenvalue weighted by molar-refractivity contribution is 0.112. The maximum Gasteiger partial charge on any atom is 0.150 e. The molecule has 0 aliphatic rings. The number of aromatic nitrogens is 1. The molecule has 3 rings (SSSR count). The van der Waals surface area contributed by atoms with Crippen molar-refractivity contribution in [3.8, 4) is 0 Å². The van der Waals surface area contributed by atoms with Crippen LogP contribution >= 0.6 is 11.6 Å². The summed E-state index contributed by atoms with van der Waals surface area (Å²) in [5, 5.41) is 1.73. The van der Waals surface area contributed by atoms with E-state index in [-0.39, 0.29) is 0 Å². The van der Waals surface area contributed by atoms with E-state index in [2.05, 4.69) is 4.57 Å². The minimum absolute atomic E-state index is 0.729. The molecule has 0 radical (unpaired) electrons. The number of nitrogens with zero attached hydrogens (tertiary/aromatic N) is 1. The number of halogens is 1. The molecule has 0 bridgehead atoms. The number of hydrogen-bond acceptors (Lipinski definition) is 1. The Balaban J connectivity index is 2.02. The maximum atomic E-state index is 11.0. The molecule has 0 amide bonds. The SMILES string of the molecule is O=Cc1cccc2c1ccn2Cc1ccc(Cl)cc1. The van der Waals surface area contributed by atoms with Crippen LogP contribution in [0, 0.1) is 0 Å². The lowest BCUT2D eigenvalue weighted by atomic mass is 10.1. The van der Waals surface area contributed by atoms with Crippen molar-refractivity contribution in [2.75, 3.05) is 0 Å². The molecule has 3 heteroatoms. The second-order valence-electron chi connectivity index (χ2n) is 4.47. The molecule has 0 aliphatic heterocycles. The van der Waals surface area contributed by atoms with Gasteiger partial charge in [-0.25, -0.2) is 0 Å². The van der Waals surface area contributed by atoms with Gasteiger partial charge in [0.1, 0.15) is 0 Å². The Morgan fingerprint density at radius 1 is 1.05 bits per heavy atom. The van der Waals surface area contributed by atoms with Gasteiger partial charge in [0.15, 0.2) is 6.29 Å². The molecule has 0 atom stereocenters. The highest BCUT2D eigenvalue weighted by Gasteiger charge is 2.05. The van der Waals surface area contributed by atoms with Gasteiger partial charge in [-0.15, -0.1) is 0 Å². The van der Waals surface area contributed by atoms with Crippen molar-refractivity contribution >= 4 is 28.8 Å². The molecular formula is C16H12ClNO. The Bertz CT molecular complexity index is 728. The summed E-state index contributed by atoms with van der Waals surface area (Å²) in [5.74, 6) is 0. The average molecular weight is 270 g/mol. The third kappa shape index (κ3) is 2.27. The highest BCUT2D eigenvalue weighted by atomic mass is 35.5. The number of carbonyl (C=O) groups is 1. The van der Waals surface area contributed by atoms with Crippen LogP contribution in [0.1, 0.15) is 15.9 Å². The normalized spacial score (nSPS) is 10.8.